The van der Waals surface area contributed by atoms with Crippen molar-refractivity contribution < 1.29 is 9.90 Å². The molecule has 1 aliphatic heterocycles. The molecule has 4 heteroatoms. The molecule has 1 heterocycles. The largest absolute Gasteiger partial charge is 0.508 e. The van der Waals surface area contributed by atoms with Gasteiger partial charge in [-0.2, -0.15) is 0 Å². The third kappa shape index (κ3) is 4.12. The Balaban J connectivity index is 1.28. The third-order valence-corrected chi connectivity index (χ3v) is 6.27. The molecule has 0 spiro atoms. The average molecular weight is 411 g/mol. The number of phenolic OH excluding ortho intramolecular Hbond substituents is 1. The number of para-hydroxylation sites is 1. The van der Waals surface area contributed by atoms with Crippen LogP contribution in [-0.2, 0) is 13.0 Å². The van der Waals surface area contributed by atoms with E-state index in [4.69, 9.17) is 0 Å². The Bertz CT molecular complexity index is 1130. The molecule has 0 aromatic heterocycles. The lowest BCUT2D eigenvalue weighted by molar-refractivity contribution is 0.104. The molecule has 2 aliphatic rings. The average Bonchev–Trinajstić information content (AvgIpc) is 3.12. The van der Waals surface area contributed by atoms with Crippen molar-refractivity contribution in [1.82, 2.24) is 4.90 Å². The number of fused-ring (bicyclic) bond motifs is 1. The first-order valence-electron chi connectivity index (χ1n) is 10.8. The van der Waals surface area contributed by atoms with E-state index >= 15 is 0 Å². The number of Topliss-reactive ketones (excluding diaryl/α,β-unsaturated/α-hetero) is 1. The maximum absolute atomic E-state index is 12.7. The molecule has 0 amide bonds. The molecule has 4 nitrogen and oxygen atoms in total. The van der Waals surface area contributed by atoms with Gasteiger partial charge in [-0.3, -0.25) is 9.69 Å². The number of piperazine rings is 1. The molecule has 156 valence electrons. The maximum Gasteiger partial charge on any atom is 0.189 e. The molecule has 5 rings (SSSR count). The summed E-state index contributed by atoms with van der Waals surface area (Å²) in [6.07, 6.45) is 2.64. The van der Waals surface area contributed by atoms with Crippen molar-refractivity contribution >= 4 is 17.5 Å². The monoisotopic (exact) mass is 410 g/mol. The van der Waals surface area contributed by atoms with Gasteiger partial charge in [-0.15, -0.1) is 0 Å². The second-order valence-electron chi connectivity index (χ2n) is 8.32. The second kappa shape index (κ2) is 8.40. The van der Waals surface area contributed by atoms with Crippen LogP contribution in [0.25, 0.3) is 6.08 Å². The topological polar surface area (TPSA) is 43.8 Å². The number of anilines is 1. The Morgan fingerprint density at radius 2 is 1.61 bits per heavy atom. The van der Waals surface area contributed by atoms with E-state index < -0.39 is 0 Å². The molecule has 0 radical (unpaired) electrons. The molecule has 1 saturated heterocycles. The number of hydrogen-bond donors (Lipinski definition) is 1. The molecule has 3 aromatic carbocycles. The summed E-state index contributed by atoms with van der Waals surface area (Å²) in [7, 11) is 0. The first-order valence-corrected chi connectivity index (χ1v) is 10.8. The third-order valence-electron chi connectivity index (χ3n) is 6.27. The number of ketones is 1. The molecule has 3 aromatic rings. The van der Waals surface area contributed by atoms with Gasteiger partial charge in [-0.1, -0.05) is 48.5 Å². The van der Waals surface area contributed by atoms with E-state index in [0.29, 0.717) is 18.7 Å². The van der Waals surface area contributed by atoms with Crippen molar-refractivity contribution in [1.29, 1.82) is 0 Å². The van der Waals surface area contributed by atoms with Crippen LogP contribution < -0.4 is 4.90 Å². The van der Waals surface area contributed by atoms with E-state index in [2.05, 4.69) is 34.1 Å². The lowest BCUT2D eigenvalue weighted by atomic mass is 10.0. The minimum Gasteiger partial charge on any atom is -0.508 e. The summed E-state index contributed by atoms with van der Waals surface area (Å²) < 4.78 is 0. The van der Waals surface area contributed by atoms with Crippen LogP contribution in [0.1, 0.15) is 27.0 Å². The number of benzene rings is 3. The SMILES string of the molecule is O=C1/C(=C\c2ccc(O)c(CN3CCN(c4ccccc4)CC3)c2)Cc2ccccc21. The van der Waals surface area contributed by atoms with Gasteiger partial charge >= 0.3 is 0 Å². The van der Waals surface area contributed by atoms with E-state index in [1.807, 2.05) is 48.5 Å². The van der Waals surface area contributed by atoms with Crippen molar-refractivity contribution in [2.75, 3.05) is 31.1 Å². The standard InChI is InChI=1S/C27H26N2O2/c30-26-11-10-20(16-22-18-21-6-4-5-9-25(21)27(22)31)17-23(26)19-28-12-14-29(15-13-28)24-7-2-1-3-8-24/h1-11,16-17,30H,12-15,18-19H2/b22-16-. The fraction of sp³-hybridized carbons (Fsp3) is 0.222. The molecular formula is C27H26N2O2. The summed E-state index contributed by atoms with van der Waals surface area (Å²) in [5, 5.41) is 10.4. The van der Waals surface area contributed by atoms with E-state index in [1.165, 1.54) is 5.69 Å². The first-order chi connectivity index (χ1) is 15.2. The molecular weight excluding hydrogens is 384 g/mol. The maximum atomic E-state index is 12.7. The summed E-state index contributed by atoms with van der Waals surface area (Å²) in [4.78, 5) is 17.5. The van der Waals surface area contributed by atoms with Crippen LogP contribution in [0.2, 0.25) is 0 Å². The highest BCUT2D eigenvalue weighted by Crippen LogP contribution is 2.29. The zero-order chi connectivity index (χ0) is 21.2. The zero-order valence-corrected chi connectivity index (χ0v) is 17.5. The predicted molar refractivity (Wildman–Crippen MR) is 124 cm³/mol. The van der Waals surface area contributed by atoms with Crippen molar-refractivity contribution in [3.8, 4) is 5.75 Å². The van der Waals surface area contributed by atoms with Crippen molar-refractivity contribution in [3.05, 3.63) is 101 Å². The van der Waals surface area contributed by atoms with Crippen LogP contribution in [0.5, 0.6) is 5.75 Å². The van der Waals surface area contributed by atoms with Crippen molar-refractivity contribution in [2.24, 2.45) is 0 Å². The minimum absolute atomic E-state index is 0.113. The molecule has 0 bridgehead atoms. The Labute approximate surface area is 183 Å². The number of allylic oxidation sites excluding steroid dienone is 1. The summed E-state index contributed by atoms with van der Waals surface area (Å²) in [6.45, 7) is 4.56. The van der Waals surface area contributed by atoms with Crippen molar-refractivity contribution in [3.63, 3.8) is 0 Å². The lowest BCUT2D eigenvalue weighted by Gasteiger charge is -2.36. The zero-order valence-electron chi connectivity index (χ0n) is 17.5. The predicted octanol–water partition coefficient (Wildman–Crippen LogP) is 4.54. The van der Waals surface area contributed by atoms with Crippen LogP contribution in [0.15, 0.2) is 78.4 Å². The molecule has 0 saturated carbocycles. The van der Waals surface area contributed by atoms with Gasteiger partial charge < -0.3 is 10.0 Å². The number of carbonyl (C=O) groups is 1. The second-order valence-corrected chi connectivity index (χ2v) is 8.32. The van der Waals surface area contributed by atoms with Crippen LogP contribution >= 0.6 is 0 Å². The fourth-order valence-electron chi connectivity index (χ4n) is 4.54. The Hall–Kier alpha value is -3.37. The highest BCUT2D eigenvalue weighted by Gasteiger charge is 2.24. The van der Waals surface area contributed by atoms with Crippen LogP contribution in [0.4, 0.5) is 5.69 Å². The van der Waals surface area contributed by atoms with Gasteiger partial charge in [0, 0.05) is 61.5 Å². The van der Waals surface area contributed by atoms with E-state index in [0.717, 1.165) is 54.0 Å². The number of hydrogen-bond acceptors (Lipinski definition) is 4. The Morgan fingerprint density at radius 1 is 0.871 bits per heavy atom. The van der Waals surface area contributed by atoms with E-state index in [9.17, 15) is 9.90 Å². The quantitative estimate of drug-likeness (QED) is 0.642. The molecule has 1 N–H and O–H groups in total. The van der Waals surface area contributed by atoms with Gasteiger partial charge in [0.05, 0.1) is 0 Å². The van der Waals surface area contributed by atoms with E-state index in [-0.39, 0.29) is 5.78 Å². The molecule has 0 atom stereocenters. The van der Waals surface area contributed by atoms with Gasteiger partial charge in [0.1, 0.15) is 5.75 Å². The van der Waals surface area contributed by atoms with Gasteiger partial charge in [0.15, 0.2) is 5.78 Å². The number of nitrogens with zero attached hydrogens (tertiary/aromatic N) is 2. The van der Waals surface area contributed by atoms with Crippen LogP contribution in [-0.4, -0.2) is 42.0 Å². The molecule has 1 fully saturated rings. The van der Waals surface area contributed by atoms with Gasteiger partial charge in [-0.05, 0) is 41.5 Å². The summed E-state index contributed by atoms with van der Waals surface area (Å²) >= 11 is 0. The molecule has 0 unspecified atom stereocenters. The lowest BCUT2D eigenvalue weighted by Crippen LogP contribution is -2.45. The molecule has 1 aliphatic carbocycles. The number of phenols is 1. The smallest absolute Gasteiger partial charge is 0.189 e. The first kappa shape index (κ1) is 19.6. The van der Waals surface area contributed by atoms with Gasteiger partial charge in [-0.25, -0.2) is 0 Å². The summed E-state index contributed by atoms with van der Waals surface area (Å²) in [5.41, 5.74) is 5.85. The highest BCUT2D eigenvalue weighted by atomic mass is 16.3. The van der Waals surface area contributed by atoms with Gasteiger partial charge in [0.2, 0.25) is 0 Å². The normalized spacial score (nSPS) is 17.9. The number of rotatable bonds is 4. The number of carbonyl (C=O) groups excluding carboxylic acids is 1. The van der Waals surface area contributed by atoms with Crippen LogP contribution in [0, 0.1) is 0 Å². The fourth-order valence-corrected chi connectivity index (χ4v) is 4.54. The molecule has 31 heavy (non-hydrogen) atoms. The summed E-state index contributed by atoms with van der Waals surface area (Å²) in [5.74, 6) is 0.427. The Morgan fingerprint density at radius 3 is 2.39 bits per heavy atom. The number of aromatic hydroxyl groups is 1. The summed E-state index contributed by atoms with van der Waals surface area (Å²) in [6, 6.07) is 24.0. The minimum atomic E-state index is 0.113. The highest BCUT2D eigenvalue weighted by molar-refractivity contribution is 6.15. The van der Waals surface area contributed by atoms with Crippen molar-refractivity contribution in [2.45, 2.75) is 13.0 Å². The Kier molecular flexibility index (Phi) is 5.31. The van der Waals surface area contributed by atoms with Crippen LogP contribution in [0.3, 0.4) is 0 Å². The van der Waals surface area contributed by atoms with E-state index in [1.54, 1.807) is 6.07 Å². The van der Waals surface area contributed by atoms with Gasteiger partial charge in [0.25, 0.3) is 0 Å².